The number of amides is 1. The molecule has 1 saturated heterocycles. The Balaban J connectivity index is 2.97. The molecule has 3 atom stereocenters. The number of carbonyl (C=O) groups is 2. The van der Waals surface area contributed by atoms with E-state index in [2.05, 4.69) is 0 Å². The smallest absolute Gasteiger partial charge is 0.329 e. The van der Waals surface area contributed by atoms with Crippen LogP contribution in [-0.4, -0.2) is 59.8 Å². The lowest BCUT2D eigenvalue weighted by Crippen LogP contribution is -2.51. The molecule has 1 unspecified atom stereocenters. The van der Waals surface area contributed by atoms with Gasteiger partial charge in [-0.15, -0.1) is 3.89 Å². The fourth-order valence-electron chi connectivity index (χ4n) is 2.36. The van der Waals surface area contributed by atoms with Gasteiger partial charge in [0, 0.05) is 13.0 Å². The molecular weight excluding hydrogens is 305 g/mol. The number of carboxylic acid groups (broad SMARTS) is 1. The van der Waals surface area contributed by atoms with E-state index in [0.29, 0.717) is 0 Å². The number of likely N-dealkylation sites (tertiary alicyclic amines) is 1. The molecule has 1 N–H and O–H groups in total. The standard InChI is InChI=1S/C12H20FNO6S/c1-7(20-12(2,3)4)10(11(16)17)14-6-8(5-9(14)15)21(13,18)19/h7-8,10H,5-6H2,1-4H3,(H,16,17)/t7-,8?,10+/m0/s1. The van der Waals surface area contributed by atoms with Gasteiger partial charge in [0.25, 0.3) is 0 Å². The fraction of sp³-hybridized carbons (Fsp3) is 0.833. The van der Waals surface area contributed by atoms with Crippen LogP contribution in [0.3, 0.4) is 0 Å². The first-order valence-corrected chi connectivity index (χ1v) is 7.91. The largest absolute Gasteiger partial charge is 0.480 e. The normalized spacial score (nSPS) is 23.2. The molecule has 1 aliphatic heterocycles. The van der Waals surface area contributed by atoms with Gasteiger partial charge in [-0.1, -0.05) is 0 Å². The zero-order valence-corrected chi connectivity index (χ0v) is 13.2. The first-order chi connectivity index (χ1) is 9.33. The number of hydrogen-bond donors (Lipinski definition) is 1. The molecule has 1 amide bonds. The molecule has 0 spiro atoms. The Morgan fingerprint density at radius 1 is 1.48 bits per heavy atom. The van der Waals surface area contributed by atoms with Gasteiger partial charge in [-0.3, -0.25) is 4.79 Å². The number of rotatable bonds is 5. The Bertz CT molecular complexity index is 526. The molecule has 1 rings (SSSR count). The second-order valence-electron chi connectivity index (χ2n) is 6.07. The minimum absolute atomic E-state index is 0.480. The van der Waals surface area contributed by atoms with Crippen LogP contribution in [0.15, 0.2) is 0 Å². The number of carbonyl (C=O) groups excluding carboxylic acids is 1. The molecule has 1 aliphatic rings. The van der Waals surface area contributed by atoms with Crippen molar-refractivity contribution in [2.24, 2.45) is 0 Å². The lowest BCUT2D eigenvalue weighted by atomic mass is 10.1. The lowest BCUT2D eigenvalue weighted by Gasteiger charge is -2.33. The van der Waals surface area contributed by atoms with E-state index in [1.54, 1.807) is 20.8 Å². The van der Waals surface area contributed by atoms with E-state index in [4.69, 9.17) is 4.74 Å². The van der Waals surface area contributed by atoms with Crippen molar-refractivity contribution in [3.05, 3.63) is 0 Å². The minimum atomic E-state index is -4.88. The van der Waals surface area contributed by atoms with Crippen molar-refractivity contribution in [2.45, 2.75) is 57.1 Å². The van der Waals surface area contributed by atoms with E-state index in [1.807, 2.05) is 0 Å². The van der Waals surface area contributed by atoms with Crippen LogP contribution < -0.4 is 0 Å². The second kappa shape index (κ2) is 5.88. The van der Waals surface area contributed by atoms with Gasteiger partial charge in [-0.05, 0) is 27.7 Å². The summed E-state index contributed by atoms with van der Waals surface area (Å²) in [6.45, 7) is 6.18. The molecule has 0 aromatic rings. The second-order valence-corrected chi connectivity index (χ2v) is 7.68. The Kier molecular flexibility index (Phi) is 4.99. The molecule has 1 fully saturated rings. The maximum Gasteiger partial charge on any atom is 0.329 e. The van der Waals surface area contributed by atoms with Crippen LogP contribution in [0.2, 0.25) is 0 Å². The summed E-state index contributed by atoms with van der Waals surface area (Å²) >= 11 is 0. The summed E-state index contributed by atoms with van der Waals surface area (Å²) in [5.41, 5.74) is -0.637. The highest BCUT2D eigenvalue weighted by Crippen LogP contribution is 2.25. The summed E-state index contributed by atoms with van der Waals surface area (Å²) in [6, 6.07) is -1.36. The number of aliphatic carboxylic acids is 1. The van der Waals surface area contributed by atoms with Crippen LogP contribution >= 0.6 is 0 Å². The third-order valence-electron chi connectivity index (χ3n) is 3.09. The Labute approximate surface area is 123 Å². The number of nitrogens with zero attached hydrogens (tertiary/aromatic N) is 1. The molecule has 122 valence electrons. The van der Waals surface area contributed by atoms with Crippen molar-refractivity contribution >= 4 is 22.1 Å². The molecule has 0 saturated carbocycles. The van der Waals surface area contributed by atoms with Crippen molar-refractivity contribution in [2.75, 3.05) is 6.54 Å². The van der Waals surface area contributed by atoms with Gasteiger partial charge in [0.15, 0.2) is 6.04 Å². The van der Waals surface area contributed by atoms with E-state index >= 15 is 0 Å². The predicted octanol–water partition coefficient (Wildman–Crippen LogP) is 0.543. The Morgan fingerprint density at radius 3 is 2.33 bits per heavy atom. The molecular formula is C12H20FNO6S. The van der Waals surface area contributed by atoms with Gasteiger partial charge in [-0.25, -0.2) is 4.79 Å². The summed E-state index contributed by atoms with van der Waals surface area (Å²) in [4.78, 5) is 24.1. The van der Waals surface area contributed by atoms with E-state index in [-0.39, 0.29) is 0 Å². The molecule has 9 heteroatoms. The van der Waals surface area contributed by atoms with Gasteiger partial charge in [0.2, 0.25) is 5.91 Å². The van der Waals surface area contributed by atoms with E-state index in [9.17, 15) is 27.0 Å². The number of carboxylic acids is 1. The summed E-state index contributed by atoms with van der Waals surface area (Å²) in [5.74, 6) is -2.03. The highest BCUT2D eigenvalue weighted by atomic mass is 32.3. The van der Waals surface area contributed by atoms with Crippen molar-refractivity contribution in [3.8, 4) is 0 Å². The average molecular weight is 325 g/mol. The van der Waals surface area contributed by atoms with Crippen LogP contribution in [0, 0.1) is 0 Å². The summed E-state index contributed by atoms with van der Waals surface area (Å²) < 4.78 is 40.3. The first-order valence-electron chi connectivity index (χ1n) is 6.46. The van der Waals surface area contributed by atoms with Crippen LogP contribution in [0.25, 0.3) is 0 Å². The molecule has 1 heterocycles. The van der Waals surface area contributed by atoms with Gasteiger partial charge in [0.1, 0.15) is 5.25 Å². The van der Waals surface area contributed by atoms with Crippen molar-refractivity contribution < 1.29 is 31.7 Å². The highest BCUT2D eigenvalue weighted by molar-refractivity contribution is 7.87. The van der Waals surface area contributed by atoms with Crippen LogP contribution in [-0.2, 0) is 24.5 Å². The van der Waals surface area contributed by atoms with Gasteiger partial charge < -0.3 is 14.7 Å². The topological polar surface area (TPSA) is 101 Å². The zero-order chi connectivity index (χ0) is 16.6. The molecule has 0 bridgehead atoms. The van der Waals surface area contributed by atoms with Gasteiger partial charge in [0.05, 0.1) is 11.7 Å². The predicted molar refractivity (Wildman–Crippen MR) is 71.9 cm³/mol. The van der Waals surface area contributed by atoms with Crippen LogP contribution in [0.5, 0.6) is 0 Å². The summed E-state index contributed by atoms with van der Waals surface area (Å²) in [6.07, 6.45) is -1.42. The molecule has 0 aromatic carbocycles. The summed E-state index contributed by atoms with van der Waals surface area (Å²) in [5, 5.41) is 7.77. The highest BCUT2D eigenvalue weighted by Gasteiger charge is 2.45. The van der Waals surface area contributed by atoms with E-state index < -0.39 is 58.1 Å². The maximum absolute atomic E-state index is 13.0. The summed E-state index contributed by atoms with van der Waals surface area (Å²) in [7, 11) is -4.88. The van der Waals surface area contributed by atoms with Gasteiger partial charge >= 0.3 is 16.2 Å². The Morgan fingerprint density at radius 2 is 2.00 bits per heavy atom. The zero-order valence-electron chi connectivity index (χ0n) is 12.4. The fourth-order valence-corrected chi connectivity index (χ4v) is 3.04. The molecule has 7 nitrogen and oxygen atoms in total. The number of halogens is 1. The van der Waals surface area contributed by atoms with Crippen LogP contribution in [0.1, 0.15) is 34.1 Å². The van der Waals surface area contributed by atoms with Crippen LogP contribution in [0.4, 0.5) is 3.89 Å². The van der Waals surface area contributed by atoms with Crippen molar-refractivity contribution in [1.82, 2.24) is 4.90 Å². The molecule has 0 aliphatic carbocycles. The van der Waals surface area contributed by atoms with E-state index in [0.717, 1.165) is 4.90 Å². The lowest BCUT2D eigenvalue weighted by molar-refractivity contribution is -0.160. The van der Waals surface area contributed by atoms with E-state index in [1.165, 1.54) is 6.92 Å². The monoisotopic (exact) mass is 325 g/mol. The first kappa shape index (κ1) is 17.8. The minimum Gasteiger partial charge on any atom is -0.480 e. The Hall–Kier alpha value is -1.22. The third kappa shape index (κ3) is 4.63. The average Bonchev–Trinajstić information content (AvgIpc) is 2.57. The molecule has 21 heavy (non-hydrogen) atoms. The number of ether oxygens (including phenoxy) is 1. The third-order valence-corrected chi connectivity index (χ3v) is 4.21. The molecule has 0 aromatic heterocycles. The van der Waals surface area contributed by atoms with Crippen molar-refractivity contribution in [1.29, 1.82) is 0 Å². The maximum atomic E-state index is 13.0. The number of hydrogen-bond acceptors (Lipinski definition) is 5. The SMILES string of the molecule is C[C@H](OC(C)(C)C)[C@H](C(=O)O)N1CC(S(=O)(=O)F)CC1=O. The molecule has 0 radical (unpaired) electrons. The quantitative estimate of drug-likeness (QED) is 0.741. The van der Waals surface area contributed by atoms with Gasteiger partial charge in [-0.2, -0.15) is 8.42 Å². The van der Waals surface area contributed by atoms with Crippen molar-refractivity contribution in [3.63, 3.8) is 0 Å².